The van der Waals surface area contributed by atoms with Crippen LogP contribution >= 0.6 is 37.9 Å². The average Bonchev–Trinajstić information content (AvgIpc) is 2.82. The highest BCUT2D eigenvalue weighted by molar-refractivity contribution is 9.11. The van der Waals surface area contributed by atoms with Gasteiger partial charge in [-0.25, -0.2) is 8.42 Å². The van der Waals surface area contributed by atoms with Crippen LogP contribution in [0.3, 0.4) is 0 Å². The molecule has 9 heteroatoms. The van der Waals surface area contributed by atoms with E-state index in [4.69, 9.17) is 10.7 Å². The number of aromatic nitrogens is 3. The van der Waals surface area contributed by atoms with Gasteiger partial charge in [0.1, 0.15) is 0 Å². The molecular weight excluding hydrogens is 374 g/mol. The Kier molecular flexibility index (Phi) is 4.34. The fourth-order valence-corrected chi connectivity index (χ4v) is 3.68. The van der Waals surface area contributed by atoms with Gasteiger partial charge in [-0.1, -0.05) is 13.8 Å². The van der Waals surface area contributed by atoms with E-state index >= 15 is 0 Å². The van der Waals surface area contributed by atoms with Gasteiger partial charge in [0.25, 0.3) is 14.2 Å². The van der Waals surface area contributed by atoms with Crippen LogP contribution in [0.5, 0.6) is 0 Å². The van der Waals surface area contributed by atoms with E-state index in [-0.39, 0.29) is 11.1 Å². The fraction of sp³-hybridized carbons (Fsp3) is 0.400. The molecule has 2 rings (SSSR count). The highest BCUT2D eigenvalue weighted by Gasteiger charge is 2.24. The van der Waals surface area contributed by atoms with Crippen molar-refractivity contribution in [1.82, 2.24) is 14.8 Å². The van der Waals surface area contributed by atoms with E-state index in [1.54, 1.807) is 4.57 Å². The molecule has 2 aromatic rings. The van der Waals surface area contributed by atoms with Crippen molar-refractivity contribution in [2.75, 3.05) is 0 Å². The number of nitrogens with zero attached hydrogens (tertiary/aromatic N) is 3. The standard InChI is InChI=1S/C10H11BrClN3O2S2/c1-6(2)4-15-9(7-3-8(11)18-5-7)13-14-10(15)19(12,16)17/h3,5-6H,4H2,1-2H3. The van der Waals surface area contributed by atoms with Gasteiger partial charge < -0.3 is 0 Å². The minimum absolute atomic E-state index is 0.208. The molecule has 2 heterocycles. The maximum Gasteiger partial charge on any atom is 0.296 e. The third-order valence-corrected chi connectivity index (χ3v) is 4.96. The Balaban J connectivity index is 2.59. The van der Waals surface area contributed by atoms with Gasteiger partial charge >= 0.3 is 0 Å². The van der Waals surface area contributed by atoms with Crippen molar-refractivity contribution in [3.05, 3.63) is 15.2 Å². The molecule has 0 atom stereocenters. The molecule has 2 aromatic heterocycles. The zero-order valence-electron chi connectivity index (χ0n) is 10.2. The summed E-state index contributed by atoms with van der Waals surface area (Å²) < 4.78 is 25.5. The lowest BCUT2D eigenvalue weighted by Crippen LogP contribution is -2.11. The molecule has 104 valence electrons. The monoisotopic (exact) mass is 383 g/mol. The summed E-state index contributed by atoms with van der Waals surface area (Å²) in [4.78, 5) is 0. The zero-order chi connectivity index (χ0) is 14.2. The second-order valence-corrected chi connectivity index (χ2v) is 9.14. The molecule has 0 unspecified atom stereocenters. The first-order valence-electron chi connectivity index (χ1n) is 5.41. The van der Waals surface area contributed by atoms with Crippen LogP contribution in [-0.4, -0.2) is 23.2 Å². The van der Waals surface area contributed by atoms with E-state index in [1.165, 1.54) is 11.3 Å². The molecule has 0 bridgehead atoms. The van der Waals surface area contributed by atoms with Crippen molar-refractivity contribution in [3.8, 4) is 11.4 Å². The van der Waals surface area contributed by atoms with E-state index in [9.17, 15) is 8.42 Å². The van der Waals surface area contributed by atoms with Crippen molar-refractivity contribution in [2.45, 2.75) is 25.5 Å². The number of hydrogen-bond acceptors (Lipinski definition) is 5. The van der Waals surface area contributed by atoms with Crippen molar-refractivity contribution in [1.29, 1.82) is 0 Å². The van der Waals surface area contributed by atoms with Gasteiger partial charge in [-0.2, -0.15) is 0 Å². The van der Waals surface area contributed by atoms with Crippen LogP contribution in [0.2, 0.25) is 0 Å². The Hall–Kier alpha value is -0.440. The second-order valence-electron chi connectivity index (χ2n) is 4.39. The average molecular weight is 385 g/mol. The fourth-order valence-electron chi connectivity index (χ4n) is 1.64. The molecule has 0 aromatic carbocycles. The number of hydrogen-bond donors (Lipinski definition) is 0. The van der Waals surface area contributed by atoms with Gasteiger partial charge in [0.2, 0.25) is 0 Å². The predicted octanol–water partition coefficient (Wildman–Crippen LogP) is 3.35. The van der Waals surface area contributed by atoms with E-state index in [1.807, 2.05) is 25.3 Å². The van der Waals surface area contributed by atoms with Crippen LogP contribution in [0, 0.1) is 5.92 Å². The number of thiophene rings is 1. The van der Waals surface area contributed by atoms with Crippen molar-refractivity contribution < 1.29 is 8.42 Å². The molecule has 0 saturated heterocycles. The molecule has 19 heavy (non-hydrogen) atoms. The lowest BCUT2D eigenvalue weighted by Gasteiger charge is -2.10. The Bertz CT molecular complexity index is 693. The first-order valence-corrected chi connectivity index (χ1v) is 9.39. The molecule has 0 aliphatic rings. The molecule has 0 radical (unpaired) electrons. The maximum atomic E-state index is 11.5. The summed E-state index contributed by atoms with van der Waals surface area (Å²) in [6.07, 6.45) is 0. The van der Waals surface area contributed by atoms with Crippen LogP contribution in [-0.2, 0) is 15.6 Å². The SMILES string of the molecule is CC(C)Cn1c(-c2csc(Br)c2)nnc1S(=O)(=O)Cl. The first-order chi connectivity index (χ1) is 8.79. The van der Waals surface area contributed by atoms with Gasteiger partial charge in [-0.15, -0.1) is 21.5 Å². The summed E-state index contributed by atoms with van der Waals surface area (Å²) in [5.41, 5.74) is 0.816. The van der Waals surface area contributed by atoms with Gasteiger partial charge in [0.05, 0.1) is 3.79 Å². The first kappa shape index (κ1) is 15.0. The van der Waals surface area contributed by atoms with Gasteiger partial charge in [0.15, 0.2) is 5.82 Å². The lowest BCUT2D eigenvalue weighted by molar-refractivity contribution is 0.488. The zero-order valence-corrected chi connectivity index (χ0v) is 14.1. The quantitative estimate of drug-likeness (QED) is 0.758. The highest BCUT2D eigenvalue weighted by Crippen LogP contribution is 2.30. The molecule has 0 aliphatic carbocycles. The van der Waals surface area contributed by atoms with E-state index in [2.05, 4.69) is 26.1 Å². The van der Waals surface area contributed by atoms with Crippen molar-refractivity contribution in [2.24, 2.45) is 5.92 Å². The van der Waals surface area contributed by atoms with E-state index in [0.717, 1.165) is 9.35 Å². The van der Waals surface area contributed by atoms with Gasteiger partial charge in [-0.3, -0.25) is 4.57 Å². The minimum Gasteiger partial charge on any atom is -0.297 e. The van der Waals surface area contributed by atoms with Gasteiger partial charge in [-0.05, 0) is 27.9 Å². The topological polar surface area (TPSA) is 64.8 Å². The third kappa shape index (κ3) is 3.36. The number of rotatable bonds is 4. The summed E-state index contributed by atoms with van der Waals surface area (Å²) in [5.74, 6) is 0.754. The number of halogens is 2. The molecule has 0 fully saturated rings. The van der Waals surface area contributed by atoms with Crippen LogP contribution in [0.4, 0.5) is 0 Å². The largest absolute Gasteiger partial charge is 0.297 e. The summed E-state index contributed by atoms with van der Waals surface area (Å²) in [6, 6.07) is 1.87. The highest BCUT2D eigenvalue weighted by atomic mass is 79.9. The van der Waals surface area contributed by atoms with E-state index in [0.29, 0.717) is 12.4 Å². The van der Waals surface area contributed by atoms with Gasteiger partial charge in [0, 0.05) is 28.2 Å². The summed E-state index contributed by atoms with van der Waals surface area (Å²) in [7, 11) is 1.49. The lowest BCUT2D eigenvalue weighted by atomic mass is 10.2. The molecule has 0 N–H and O–H groups in total. The van der Waals surface area contributed by atoms with E-state index < -0.39 is 9.05 Å². The van der Waals surface area contributed by atoms with Crippen molar-refractivity contribution >= 4 is 47.0 Å². The molecule has 0 spiro atoms. The summed E-state index contributed by atoms with van der Waals surface area (Å²) >= 11 is 4.86. The van der Waals surface area contributed by atoms with Crippen LogP contribution < -0.4 is 0 Å². The van der Waals surface area contributed by atoms with Crippen LogP contribution in [0.25, 0.3) is 11.4 Å². The molecule has 5 nitrogen and oxygen atoms in total. The second kappa shape index (κ2) is 5.51. The molecule has 0 saturated carbocycles. The Labute approximate surface area is 128 Å². The Morgan fingerprint density at radius 3 is 2.63 bits per heavy atom. The smallest absolute Gasteiger partial charge is 0.296 e. The summed E-state index contributed by atoms with van der Waals surface area (Å²) in [5, 5.41) is 9.34. The Morgan fingerprint density at radius 2 is 2.16 bits per heavy atom. The van der Waals surface area contributed by atoms with Crippen LogP contribution in [0.1, 0.15) is 13.8 Å². The maximum absolute atomic E-state index is 11.5. The minimum atomic E-state index is -3.91. The summed E-state index contributed by atoms with van der Waals surface area (Å²) in [6.45, 7) is 4.45. The van der Waals surface area contributed by atoms with Crippen molar-refractivity contribution in [3.63, 3.8) is 0 Å². The molecule has 0 amide bonds. The Morgan fingerprint density at radius 1 is 1.47 bits per heavy atom. The predicted molar refractivity (Wildman–Crippen MR) is 78.9 cm³/mol. The normalized spacial score (nSPS) is 12.3. The third-order valence-electron chi connectivity index (χ3n) is 2.31. The molecular formula is C10H11BrClN3O2S2. The molecule has 0 aliphatic heterocycles. The van der Waals surface area contributed by atoms with Crippen LogP contribution in [0.15, 0.2) is 20.4 Å².